The summed E-state index contributed by atoms with van der Waals surface area (Å²) in [7, 11) is 0. The molecule has 0 atom stereocenters. The topological polar surface area (TPSA) is 115 Å². The minimum Gasteiger partial charge on any atom is -0.324 e. The van der Waals surface area contributed by atoms with Crippen LogP contribution in [0.25, 0.3) is 0 Å². The Kier molecular flexibility index (Phi) is 7.30. The number of benzene rings is 3. The molecule has 0 unspecified atom stereocenters. The number of hydrazine groups is 1. The maximum Gasteiger partial charge on any atom is 0.404 e. The second kappa shape index (κ2) is 10.7. The van der Waals surface area contributed by atoms with Crippen molar-refractivity contribution in [2.24, 2.45) is 5.18 Å². The molecule has 4 rings (SSSR count). The van der Waals surface area contributed by atoms with Gasteiger partial charge < -0.3 is 5.32 Å². The Labute approximate surface area is 213 Å². The van der Waals surface area contributed by atoms with Crippen LogP contribution < -0.4 is 15.3 Å². The third-order valence-corrected chi connectivity index (χ3v) is 5.66. The van der Waals surface area contributed by atoms with Crippen molar-refractivity contribution >= 4 is 62.4 Å². The highest BCUT2D eigenvalue weighted by molar-refractivity contribution is 9.10. The molecule has 9 nitrogen and oxygen atoms in total. The van der Waals surface area contributed by atoms with Gasteiger partial charge in [-0.1, -0.05) is 23.7 Å². The van der Waals surface area contributed by atoms with Gasteiger partial charge in [0, 0.05) is 32.6 Å². The molecular formula is C24H15BrClN7O2. The van der Waals surface area contributed by atoms with Crippen LogP contribution in [-0.2, 0) is 0 Å². The molecule has 11 heteroatoms. The zero-order chi connectivity index (χ0) is 24.8. The van der Waals surface area contributed by atoms with E-state index in [2.05, 4.69) is 42.5 Å². The fraction of sp³-hybridized carbons (Fsp3) is 0. The van der Waals surface area contributed by atoms with E-state index < -0.39 is 6.03 Å². The summed E-state index contributed by atoms with van der Waals surface area (Å²) in [4.78, 5) is 33.1. The molecule has 1 heterocycles. The van der Waals surface area contributed by atoms with Crippen molar-refractivity contribution < 1.29 is 4.79 Å². The lowest BCUT2D eigenvalue weighted by atomic mass is 10.2. The Morgan fingerprint density at radius 3 is 2.40 bits per heavy atom. The molecule has 0 spiro atoms. The van der Waals surface area contributed by atoms with Crippen LogP contribution in [0.1, 0.15) is 5.56 Å². The average molecular weight is 549 g/mol. The van der Waals surface area contributed by atoms with Crippen molar-refractivity contribution in [3.63, 3.8) is 0 Å². The summed E-state index contributed by atoms with van der Waals surface area (Å²) in [5.74, 6) is 0.496. The van der Waals surface area contributed by atoms with Crippen molar-refractivity contribution in [1.82, 2.24) is 9.97 Å². The first-order valence-corrected chi connectivity index (χ1v) is 11.2. The summed E-state index contributed by atoms with van der Waals surface area (Å²) in [5.41, 5.74) is 2.04. The predicted molar refractivity (Wildman–Crippen MR) is 138 cm³/mol. The Balaban J connectivity index is 1.82. The largest absolute Gasteiger partial charge is 0.404 e. The number of amides is 2. The SMILES string of the molecule is N#Cc1ccc(Nc2nccc(N(c3ccc(Cl)cc3)N(C(=O)N=O)c3ccccc3Br)n2)cc1. The number of anilines is 5. The lowest BCUT2D eigenvalue weighted by molar-refractivity contribution is 0.254. The highest BCUT2D eigenvalue weighted by Gasteiger charge is 2.29. The van der Waals surface area contributed by atoms with Gasteiger partial charge in [-0.05, 0) is 76.6 Å². The molecule has 0 saturated heterocycles. The quantitative estimate of drug-likeness (QED) is 0.205. The van der Waals surface area contributed by atoms with Crippen LogP contribution in [0, 0.1) is 16.2 Å². The second-order valence-electron chi connectivity index (χ2n) is 6.98. The minimum atomic E-state index is -1.06. The number of aromatic nitrogens is 2. The standard InChI is InChI=1S/C24H15BrClN7O2/c25-20-3-1-2-4-21(20)33(24(34)31-35)32(19-11-7-17(26)8-12-19)22-13-14-28-23(30-22)29-18-9-5-16(15-27)6-10-18/h1-14H,(H,28,29,30). The molecule has 172 valence electrons. The van der Waals surface area contributed by atoms with E-state index in [9.17, 15) is 9.70 Å². The van der Waals surface area contributed by atoms with E-state index in [1.807, 2.05) is 0 Å². The Morgan fingerprint density at radius 2 is 1.74 bits per heavy atom. The van der Waals surface area contributed by atoms with Crippen LogP contribution in [0.4, 0.5) is 33.6 Å². The molecule has 1 N–H and O–H groups in total. The van der Waals surface area contributed by atoms with Crippen molar-refractivity contribution in [2.45, 2.75) is 0 Å². The molecule has 2 amide bonds. The van der Waals surface area contributed by atoms with Gasteiger partial charge in [0.05, 0.1) is 23.0 Å². The Hall–Kier alpha value is -4.33. The van der Waals surface area contributed by atoms with E-state index in [0.29, 0.717) is 32.1 Å². The molecule has 0 aliphatic rings. The molecule has 0 bridgehead atoms. The number of para-hydroxylation sites is 1. The smallest absolute Gasteiger partial charge is 0.324 e. The first kappa shape index (κ1) is 23.8. The zero-order valence-electron chi connectivity index (χ0n) is 17.8. The average Bonchev–Trinajstić information content (AvgIpc) is 2.89. The molecule has 0 aliphatic carbocycles. The van der Waals surface area contributed by atoms with E-state index in [4.69, 9.17) is 16.9 Å². The molecule has 3 aromatic carbocycles. The maximum atomic E-state index is 12.8. The van der Waals surface area contributed by atoms with Gasteiger partial charge in [-0.2, -0.15) is 15.3 Å². The monoisotopic (exact) mass is 547 g/mol. The fourth-order valence-corrected chi connectivity index (χ4v) is 3.75. The molecule has 4 aromatic rings. The Morgan fingerprint density at radius 1 is 1.03 bits per heavy atom. The lowest BCUT2D eigenvalue weighted by Crippen LogP contribution is -2.43. The van der Waals surface area contributed by atoms with Crippen molar-refractivity contribution in [3.8, 4) is 6.07 Å². The lowest BCUT2D eigenvalue weighted by Gasteiger charge is -2.34. The number of hydrogen-bond donors (Lipinski definition) is 1. The third-order valence-electron chi connectivity index (χ3n) is 4.74. The number of nitrogens with zero attached hydrogens (tertiary/aromatic N) is 6. The van der Waals surface area contributed by atoms with Crippen LogP contribution in [0.2, 0.25) is 5.02 Å². The normalized spacial score (nSPS) is 10.2. The highest BCUT2D eigenvalue weighted by Crippen LogP contribution is 2.35. The van der Waals surface area contributed by atoms with Gasteiger partial charge in [0.1, 0.15) is 0 Å². The molecule has 0 aliphatic heterocycles. The van der Waals surface area contributed by atoms with Crippen molar-refractivity contribution in [3.05, 3.63) is 105 Å². The van der Waals surface area contributed by atoms with Crippen LogP contribution in [-0.4, -0.2) is 16.0 Å². The van der Waals surface area contributed by atoms with Crippen LogP contribution in [0.15, 0.2) is 94.7 Å². The van der Waals surface area contributed by atoms with Gasteiger partial charge in [0.15, 0.2) is 5.82 Å². The third kappa shape index (κ3) is 5.43. The number of nitroso groups, excluding NO2 is 1. The minimum absolute atomic E-state index is 0.227. The first-order valence-electron chi connectivity index (χ1n) is 10.1. The molecule has 1 aromatic heterocycles. The number of carbonyl (C=O) groups is 1. The summed E-state index contributed by atoms with van der Waals surface area (Å²) < 4.78 is 0.556. The molecule has 0 fully saturated rings. The zero-order valence-corrected chi connectivity index (χ0v) is 20.2. The van der Waals surface area contributed by atoms with Crippen molar-refractivity contribution in [2.75, 3.05) is 15.3 Å². The number of carbonyl (C=O) groups excluding carboxylic acids is 1. The number of halogens is 2. The van der Waals surface area contributed by atoms with E-state index in [0.717, 1.165) is 5.01 Å². The van der Waals surface area contributed by atoms with E-state index >= 15 is 0 Å². The number of rotatable bonds is 6. The van der Waals surface area contributed by atoms with Gasteiger partial charge in [0.25, 0.3) is 0 Å². The summed E-state index contributed by atoms with van der Waals surface area (Å²) in [6, 6.07) is 22.9. The number of nitriles is 1. The summed E-state index contributed by atoms with van der Waals surface area (Å²) >= 11 is 9.52. The van der Waals surface area contributed by atoms with Crippen molar-refractivity contribution in [1.29, 1.82) is 5.26 Å². The molecular weight excluding hydrogens is 534 g/mol. The molecule has 0 saturated carbocycles. The number of hydrogen-bond acceptors (Lipinski definition) is 7. The van der Waals surface area contributed by atoms with E-state index in [1.165, 1.54) is 11.2 Å². The highest BCUT2D eigenvalue weighted by atomic mass is 79.9. The predicted octanol–water partition coefficient (Wildman–Crippen LogP) is 6.95. The van der Waals surface area contributed by atoms with Gasteiger partial charge >= 0.3 is 6.03 Å². The van der Waals surface area contributed by atoms with E-state index in [1.54, 1.807) is 78.9 Å². The van der Waals surface area contributed by atoms with Gasteiger partial charge in [-0.25, -0.2) is 14.8 Å². The summed E-state index contributed by atoms with van der Waals surface area (Å²) in [6.45, 7) is 0. The number of urea groups is 1. The first-order chi connectivity index (χ1) is 17.0. The van der Waals surface area contributed by atoms with Gasteiger partial charge in [-0.15, -0.1) is 4.91 Å². The van der Waals surface area contributed by atoms with E-state index in [-0.39, 0.29) is 11.8 Å². The summed E-state index contributed by atoms with van der Waals surface area (Å²) in [5, 5.41) is 17.8. The number of nitrogens with one attached hydrogen (secondary N) is 1. The van der Waals surface area contributed by atoms with Crippen LogP contribution >= 0.6 is 27.5 Å². The maximum absolute atomic E-state index is 12.8. The fourth-order valence-electron chi connectivity index (χ4n) is 3.18. The van der Waals surface area contributed by atoms with Gasteiger partial charge in [0.2, 0.25) is 5.95 Å². The van der Waals surface area contributed by atoms with Crippen LogP contribution in [0.5, 0.6) is 0 Å². The molecule has 35 heavy (non-hydrogen) atoms. The van der Waals surface area contributed by atoms with Gasteiger partial charge in [-0.3, -0.25) is 0 Å². The van der Waals surface area contributed by atoms with Crippen LogP contribution in [0.3, 0.4) is 0 Å². The summed E-state index contributed by atoms with van der Waals surface area (Å²) in [6.07, 6.45) is 1.51. The second-order valence-corrected chi connectivity index (χ2v) is 8.27. The molecule has 0 radical (unpaired) electrons. The Bertz CT molecular complexity index is 1410.